The predicted octanol–water partition coefficient (Wildman–Crippen LogP) is 2.21. The standard InChI is InChI=1S/C13H19NOS/c15-9-13(11-5-2-1-3-6-11)14-12-7-4-8-16-10-12/h1-3,5-6,12-15H,4,7-10H2/t12?,13-/m1/s1. The molecule has 1 unspecified atom stereocenters. The molecule has 2 rings (SSSR count). The number of aliphatic hydroxyl groups excluding tert-OH is 1. The SMILES string of the molecule is OC[C@@H](NC1CCCSC1)c1ccccc1. The minimum absolute atomic E-state index is 0.0879. The maximum atomic E-state index is 9.44. The minimum atomic E-state index is 0.0879. The van der Waals surface area contributed by atoms with Crippen molar-refractivity contribution in [2.45, 2.75) is 24.9 Å². The highest BCUT2D eigenvalue weighted by atomic mass is 32.2. The second-order valence-corrected chi connectivity index (χ2v) is 5.38. The molecule has 2 nitrogen and oxygen atoms in total. The molecule has 0 saturated carbocycles. The molecule has 1 aromatic carbocycles. The maximum absolute atomic E-state index is 9.44. The number of hydrogen-bond donors (Lipinski definition) is 2. The second kappa shape index (κ2) is 6.28. The zero-order valence-corrected chi connectivity index (χ0v) is 10.2. The van der Waals surface area contributed by atoms with E-state index in [9.17, 15) is 5.11 Å². The van der Waals surface area contributed by atoms with Crippen LogP contribution in [0.1, 0.15) is 24.4 Å². The van der Waals surface area contributed by atoms with E-state index in [0.717, 1.165) is 0 Å². The van der Waals surface area contributed by atoms with Crippen LogP contribution in [0.3, 0.4) is 0 Å². The molecular formula is C13H19NOS. The first-order valence-corrected chi connectivity index (χ1v) is 7.05. The van der Waals surface area contributed by atoms with Gasteiger partial charge in [-0.1, -0.05) is 30.3 Å². The zero-order valence-electron chi connectivity index (χ0n) is 9.43. The summed E-state index contributed by atoms with van der Waals surface area (Å²) in [4.78, 5) is 0. The molecule has 1 aromatic rings. The molecule has 0 aliphatic carbocycles. The van der Waals surface area contributed by atoms with Crippen LogP contribution in [0.5, 0.6) is 0 Å². The highest BCUT2D eigenvalue weighted by molar-refractivity contribution is 7.99. The molecule has 2 atom stereocenters. The van der Waals surface area contributed by atoms with Crippen LogP contribution in [0.25, 0.3) is 0 Å². The lowest BCUT2D eigenvalue weighted by Gasteiger charge is -2.27. The van der Waals surface area contributed by atoms with Gasteiger partial charge in [-0.3, -0.25) is 0 Å². The summed E-state index contributed by atoms with van der Waals surface area (Å²) in [5.74, 6) is 2.46. The van der Waals surface area contributed by atoms with Crippen molar-refractivity contribution in [3.63, 3.8) is 0 Å². The topological polar surface area (TPSA) is 32.3 Å². The van der Waals surface area contributed by atoms with Gasteiger partial charge in [-0.25, -0.2) is 0 Å². The second-order valence-electron chi connectivity index (χ2n) is 4.23. The number of rotatable bonds is 4. The van der Waals surface area contributed by atoms with E-state index in [1.807, 2.05) is 30.0 Å². The maximum Gasteiger partial charge on any atom is 0.0626 e. The lowest BCUT2D eigenvalue weighted by molar-refractivity contribution is 0.233. The fourth-order valence-corrected chi connectivity index (χ4v) is 3.18. The molecule has 1 aliphatic heterocycles. The van der Waals surface area contributed by atoms with Crippen LogP contribution >= 0.6 is 11.8 Å². The normalized spacial score (nSPS) is 22.9. The molecular weight excluding hydrogens is 218 g/mol. The Hall–Kier alpha value is -0.510. The van der Waals surface area contributed by atoms with Crippen molar-refractivity contribution in [1.29, 1.82) is 0 Å². The average Bonchev–Trinajstić information content (AvgIpc) is 2.38. The lowest BCUT2D eigenvalue weighted by Crippen LogP contribution is -2.38. The van der Waals surface area contributed by atoms with Gasteiger partial charge in [0.25, 0.3) is 0 Å². The number of nitrogens with one attached hydrogen (secondary N) is 1. The molecule has 1 heterocycles. The molecule has 88 valence electrons. The molecule has 1 fully saturated rings. The Kier molecular flexibility index (Phi) is 4.69. The molecule has 0 aromatic heterocycles. The number of aliphatic hydroxyl groups is 1. The van der Waals surface area contributed by atoms with Crippen LogP contribution in [0.2, 0.25) is 0 Å². The highest BCUT2D eigenvalue weighted by Crippen LogP contribution is 2.20. The molecule has 1 aliphatic rings. The van der Waals surface area contributed by atoms with Crippen molar-refractivity contribution in [2.75, 3.05) is 18.1 Å². The third kappa shape index (κ3) is 3.24. The molecule has 0 bridgehead atoms. The van der Waals surface area contributed by atoms with Crippen LogP contribution in [0.4, 0.5) is 0 Å². The Balaban J connectivity index is 1.94. The van der Waals surface area contributed by atoms with E-state index in [1.165, 1.54) is 29.9 Å². The molecule has 16 heavy (non-hydrogen) atoms. The van der Waals surface area contributed by atoms with Crippen LogP contribution in [-0.2, 0) is 0 Å². The number of hydrogen-bond acceptors (Lipinski definition) is 3. The zero-order chi connectivity index (χ0) is 11.2. The Morgan fingerprint density at radius 3 is 2.81 bits per heavy atom. The summed E-state index contributed by atoms with van der Waals surface area (Å²) < 4.78 is 0. The van der Waals surface area contributed by atoms with Crippen LogP contribution < -0.4 is 5.32 Å². The van der Waals surface area contributed by atoms with Gasteiger partial charge in [-0.05, 0) is 24.2 Å². The monoisotopic (exact) mass is 237 g/mol. The fraction of sp³-hybridized carbons (Fsp3) is 0.538. The smallest absolute Gasteiger partial charge is 0.0626 e. The summed E-state index contributed by atoms with van der Waals surface area (Å²) in [5, 5.41) is 13.0. The lowest BCUT2D eigenvalue weighted by atomic mass is 10.1. The van der Waals surface area contributed by atoms with E-state index in [4.69, 9.17) is 0 Å². The van der Waals surface area contributed by atoms with E-state index in [2.05, 4.69) is 17.4 Å². The van der Waals surface area contributed by atoms with Crippen molar-refractivity contribution in [2.24, 2.45) is 0 Å². The van der Waals surface area contributed by atoms with Gasteiger partial charge >= 0.3 is 0 Å². The summed E-state index contributed by atoms with van der Waals surface area (Å²) in [6, 6.07) is 10.8. The van der Waals surface area contributed by atoms with Gasteiger partial charge in [-0.2, -0.15) is 11.8 Å². The first kappa shape index (κ1) is 12.0. The van der Waals surface area contributed by atoms with E-state index in [1.54, 1.807) is 0 Å². The summed E-state index contributed by atoms with van der Waals surface area (Å²) in [7, 11) is 0. The molecule has 3 heteroatoms. The Morgan fingerprint density at radius 1 is 1.38 bits per heavy atom. The van der Waals surface area contributed by atoms with Crippen molar-refractivity contribution >= 4 is 11.8 Å². The highest BCUT2D eigenvalue weighted by Gasteiger charge is 2.18. The van der Waals surface area contributed by atoms with Gasteiger partial charge in [-0.15, -0.1) is 0 Å². The first-order chi connectivity index (χ1) is 7.90. The Labute approximate surface area is 101 Å². The fourth-order valence-electron chi connectivity index (χ4n) is 2.10. The first-order valence-electron chi connectivity index (χ1n) is 5.90. The predicted molar refractivity (Wildman–Crippen MR) is 69.8 cm³/mol. The van der Waals surface area contributed by atoms with Gasteiger partial charge in [0.05, 0.1) is 12.6 Å². The average molecular weight is 237 g/mol. The van der Waals surface area contributed by atoms with E-state index in [-0.39, 0.29) is 12.6 Å². The van der Waals surface area contributed by atoms with Crippen molar-refractivity contribution in [3.05, 3.63) is 35.9 Å². The molecule has 1 saturated heterocycles. The minimum Gasteiger partial charge on any atom is -0.394 e. The van der Waals surface area contributed by atoms with Gasteiger partial charge in [0.1, 0.15) is 0 Å². The largest absolute Gasteiger partial charge is 0.394 e. The number of benzene rings is 1. The summed E-state index contributed by atoms with van der Waals surface area (Å²) in [5.41, 5.74) is 1.18. The van der Waals surface area contributed by atoms with Crippen LogP contribution in [-0.4, -0.2) is 29.3 Å². The summed E-state index contributed by atoms with van der Waals surface area (Å²) in [6.07, 6.45) is 2.52. The summed E-state index contributed by atoms with van der Waals surface area (Å²) >= 11 is 2.01. The third-order valence-corrected chi connectivity index (χ3v) is 4.20. The van der Waals surface area contributed by atoms with E-state index in [0.29, 0.717) is 6.04 Å². The van der Waals surface area contributed by atoms with E-state index >= 15 is 0 Å². The molecule has 0 spiro atoms. The third-order valence-electron chi connectivity index (χ3n) is 2.98. The summed E-state index contributed by atoms with van der Waals surface area (Å²) in [6.45, 7) is 0.172. The molecule has 0 amide bonds. The Bertz CT molecular complexity index is 298. The van der Waals surface area contributed by atoms with E-state index < -0.39 is 0 Å². The van der Waals surface area contributed by atoms with Crippen LogP contribution in [0.15, 0.2) is 30.3 Å². The van der Waals surface area contributed by atoms with Gasteiger partial charge < -0.3 is 10.4 Å². The van der Waals surface area contributed by atoms with Crippen molar-refractivity contribution in [1.82, 2.24) is 5.32 Å². The van der Waals surface area contributed by atoms with Crippen molar-refractivity contribution in [3.8, 4) is 0 Å². The quantitative estimate of drug-likeness (QED) is 0.842. The molecule has 2 N–H and O–H groups in total. The Morgan fingerprint density at radius 2 is 2.19 bits per heavy atom. The molecule has 0 radical (unpaired) electrons. The van der Waals surface area contributed by atoms with Crippen molar-refractivity contribution < 1.29 is 5.11 Å². The van der Waals surface area contributed by atoms with Gasteiger partial charge in [0.15, 0.2) is 0 Å². The van der Waals surface area contributed by atoms with Gasteiger partial charge in [0.2, 0.25) is 0 Å². The number of thioether (sulfide) groups is 1. The van der Waals surface area contributed by atoms with Crippen LogP contribution in [0, 0.1) is 0 Å². The van der Waals surface area contributed by atoms with Gasteiger partial charge in [0, 0.05) is 11.8 Å².